The van der Waals surface area contributed by atoms with Crippen molar-refractivity contribution in [3.05, 3.63) is 68.5 Å². The van der Waals surface area contributed by atoms with Crippen molar-refractivity contribution >= 4 is 22.6 Å². The summed E-state index contributed by atoms with van der Waals surface area (Å²) < 4.78 is 2.32. The van der Waals surface area contributed by atoms with Gasteiger partial charge in [0.15, 0.2) is 5.65 Å². The van der Waals surface area contributed by atoms with Crippen molar-refractivity contribution in [2.45, 2.75) is 13.3 Å². The molecule has 2 heterocycles. The second-order valence-electron chi connectivity index (χ2n) is 5.74. The van der Waals surface area contributed by atoms with Crippen molar-refractivity contribution < 1.29 is 4.79 Å². The lowest BCUT2D eigenvalue weighted by Gasteiger charge is -2.14. The lowest BCUT2D eigenvalue weighted by Crippen LogP contribution is -2.38. The highest BCUT2D eigenvalue weighted by Crippen LogP contribution is 2.23. The fraction of sp³-hybridized carbons (Fsp3) is 0.222. The van der Waals surface area contributed by atoms with Crippen molar-refractivity contribution in [3.63, 3.8) is 0 Å². The number of amides is 1. The molecule has 7 heteroatoms. The van der Waals surface area contributed by atoms with Gasteiger partial charge in [0.1, 0.15) is 5.39 Å². The van der Waals surface area contributed by atoms with Gasteiger partial charge in [0.2, 0.25) is 0 Å². The number of benzene rings is 1. The molecule has 0 saturated heterocycles. The van der Waals surface area contributed by atoms with Crippen LogP contribution in [-0.4, -0.2) is 20.0 Å². The zero-order chi connectivity index (χ0) is 18.1. The van der Waals surface area contributed by atoms with Gasteiger partial charge in [-0.05, 0) is 24.1 Å². The third kappa shape index (κ3) is 2.73. The minimum Gasteiger partial charge on any atom is -0.321 e. The van der Waals surface area contributed by atoms with Gasteiger partial charge >= 0.3 is 5.69 Å². The van der Waals surface area contributed by atoms with Crippen molar-refractivity contribution in [3.8, 4) is 0 Å². The third-order valence-corrected chi connectivity index (χ3v) is 4.20. The van der Waals surface area contributed by atoms with Crippen molar-refractivity contribution in [2.24, 2.45) is 14.1 Å². The van der Waals surface area contributed by atoms with Gasteiger partial charge in [0.05, 0.1) is 5.69 Å². The maximum Gasteiger partial charge on any atom is 0.332 e. The van der Waals surface area contributed by atoms with Crippen LogP contribution in [0.25, 0.3) is 11.0 Å². The normalized spacial score (nSPS) is 10.8. The zero-order valence-corrected chi connectivity index (χ0v) is 14.2. The molecule has 0 aliphatic rings. The van der Waals surface area contributed by atoms with E-state index in [-0.39, 0.29) is 16.9 Å². The summed E-state index contributed by atoms with van der Waals surface area (Å²) in [5, 5.41) is 3.06. The number of hydrogen-bond acceptors (Lipinski definition) is 4. The van der Waals surface area contributed by atoms with Crippen LogP contribution in [0, 0.1) is 0 Å². The van der Waals surface area contributed by atoms with Gasteiger partial charge in [0, 0.05) is 25.9 Å². The highest BCUT2D eigenvalue weighted by Gasteiger charge is 2.18. The number of nitrogens with zero attached hydrogens (tertiary/aromatic N) is 3. The van der Waals surface area contributed by atoms with Crippen LogP contribution >= 0.6 is 0 Å². The molecule has 1 amide bonds. The number of carbonyl (C=O) groups excluding carboxylic acids is 1. The Hall–Kier alpha value is -3.22. The number of hydrogen-bond donors (Lipinski definition) is 1. The molecule has 0 radical (unpaired) electrons. The fourth-order valence-corrected chi connectivity index (χ4v) is 2.75. The van der Waals surface area contributed by atoms with Crippen LogP contribution in [0.5, 0.6) is 0 Å². The Bertz CT molecular complexity index is 1080. The van der Waals surface area contributed by atoms with Crippen LogP contribution in [0.2, 0.25) is 0 Å². The van der Waals surface area contributed by atoms with Gasteiger partial charge in [-0.3, -0.25) is 18.7 Å². The minimum atomic E-state index is -0.482. The first-order valence-electron chi connectivity index (χ1n) is 7.89. The summed E-state index contributed by atoms with van der Waals surface area (Å²) in [6.07, 6.45) is 2.17. The Labute approximate surface area is 143 Å². The molecule has 0 unspecified atom stereocenters. The summed E-state index contributed by atoms with van der Waals surface area (Å²) in [4.78, 5) is 41.6. The first-order valence-corrected chi connectivity index (χ1v) is 7.89. The second-order valence-corrected chi connectivity index (χ2v) is 5.74. The first-order chi connectivity index (χ1) is 12.0. The molecule has 0 fully saturated rings. The number of carbonyl (C=O) groups is 1. The molecule has 0 aliphatic carbocycles. The van der Waals surface area contributed by atoms with E-state index in [4.69, 9.17) is 0 Å². The first kappa shape index (κ1) is 16.6. The monoisotopic (exact) mass is 338 g/mol. The van der Waals surface area contributed by atoms with Gasteiger partial charge in [-0.25, -0.2) is 9.78 Å². The Kier molecular flexibility index (Phi) is 4.22. The zero-order valence-electron chi connectivity index (χ0n) is 14.2. The molecule has 0 atom stereocenters. The highest BCUT2D eigenvalue weighted by molar-refractivity contribution is 6.08. The summed E-state index contributed by atoms with van der Waals surface area (Å²) in [6.45, 7) is 1.91. The second kappa shape index (κ2) is 6.35. The van der Waals surface area contributed by atoms with Crippen LogP contribution in [-0.2, 0) is 20.5 Å². The number of aromatic nitrogens is 3. The molecular formula is C18H18N4O3. The fourth-order valence-electron chi connectivity index (χ4n) is 2.75. The number of rotatable bonds is 3. The molecule has 2 aromatic heterocycles. The predicted octanol–water partition coefficient (Wildman–Crippen LogP) is 1.45. The molecule has 128 valence electrons. The average molecular weight is 338 g/mol. The summed E-state index contributed by atoms with van der Waals surface area (Å²) in [5.41, 5.74) is 0.911. The molecule has 0 saturated carbocycles. The van der Waals surface area contributed by atoms with Crippen LogP contribution in [0.1, 0.15) is 22.8 Å². The molecule has 3 aromatic rings. The maximum atomic E-state index is 12.7. The van der Waals surface area contributed by atoms with Gasteiger partial charge in [0.25, 0.3) is 11.5 Å². The molecule has 1 aromatic carbocycles. The molecule has 1 N–H and O–H groups in total. The molecule has 0 bridgehead atoms. The van der Waals surface area contributed by atoms with Crippen LogP contribution in [0.4, 0.5) is 5.69 Å². The Balaban J connectivity index is 2.28. The Morgan fingerprint density at radius 2 is 1.80 bits per heavy atom. The van der Waals surface area contributed by atoms with Crippen LogP contribution in [0.3, 0.4) is 0 Å². The molecule has 7 nitrogen and oxygen atoms in total. The summed E-state index contributed by atoms with van der Waals surface area (Å²) >= 11 is 0. The van der Waals surface area contributed by atoms with E-state index in [0.717, 1.165) is 10.1 Å². The summed E-state index contributed by atoms with van der Waals surface area (Å²) in [7, 11) is 2.96. The van der Waals surface area contributed by atoms with Gasteiger partial charge < -0.3 is 5.32 Å². The lowest BCUT2D eigenvalue weighted by molar-refractivity contribution is 0.102. The van der Waals surface area contributed by atoms with Crippen LogP contribution in [0.15, 0.2) is 46.1 Å². The Morgan fingerprint density at radius 1 is 1.12 bits per heavy atom. The molecule has 0 spiro atoms. The van der Waals surface area contributed by atoms with Crippen LogP contribution < -0.4 is 16.6 Å². The van der Waals surface area contributed by atoms with E-state index in [9.17, 15) is 14.4 Å². The van der Waals surface area contributed by atoms with Gasteiger partial charge in [-0.1, -0.05) is 25.1 Å². The highest BCUT2D eigenvalue weighted by atomic mass is 16.2. The largest absolute Gasteiger partial charge is 0.332 e. The predicted molar refractivity (Wildman–Crippen MR) is 96.0 cm³/mol. The van der Waals surface area contributed by atoms with Gasteiger partial charge in [-0.2, -0.15) is 0 Å². The number of fused-ring (bicyclic) bond motifs is 1. The molecular weight excluding hydrogens is 320 g/mol. The number of pyridine rings is 1. The van der Waals surface area contributed by atoms with Crippen molar-refractivity contribution in [1.29, 1.82) is 0 Å². The molecule has 3 rings (SSSR count). The van der Waals surface area contributed by atoms with E-state index in [1.807, 2.05) is 13.0 Å². The van der Waals surface area contributed by atoms with E-state index >= 15 is 0 Å². The maximum absolute atomic E-state index is 12.7. The van der Waals surface area contributed by atoms with Crippen molar-refractivity contribution in [2.75, 3.05) is 5.32 Å². The SMILES string of the molecule is CCc1cnc2c(c1NC(=O)c1ccccc1)c(=O)n(C)c(=O)n2C. The third-order valence-electron chi connectivity index (χ3n) is 4.20. The summed E-state index contributed by atoms with van der Waals surface area (Å²) in [6, 6.07) is 8.74. The minimum absolute atomic E-state index is 0.230. The summed E-state index contributed by atoms with van der Waals surface area (Å²) in [5.74, 6) is -0.321. The van der Waals surface area contributed by atoms with Crippen molar-refractivity contribution in [1.82, 2.24) is 14.1 Å². The molecule has 0 aliphatic heterocycles. The topological polar surface area (TPSA) is 86.0 Å². The lowest BCUT2D eigenvalue weighted by atomic mass is 10.1. The number of anilines is 1. The van der Waals surface area contributed by atoms with Gasteiger partial charge in [-0.15, -0.1) is 0 Å². The Morgan fingerprint density at radius 3 is 2.44 bits per heavy atom. The number of nitrogens with one attached hydrogen (secondary N) is 1. The van der Waals surface area contributed by atoms with E-state index in [2.05, 4.69) is 10.3 Å². The quantitative estimate of drug-likeness (QED) is 0.783. The smallest absolute Gasteiger partial charge is 0.321 e. The standard InChI is InChI=1S/C18H18N4O3/c1-4-11-10-19-15-13(17(24)22(3)18(25)21(15)2)14(11)20-16(23)12-8-6-5-7-9-12/h5-10H,4H2,1-3H3,(H,19,20,23). The van der Waals surface area contributed by atoms with E-state index in [1.165, 1.54) is 11.6 Å². The molecule has 25 heavy (non-hydrogen) atoms. The van der Waals surface area contributed by atoms with E-state index < -0.39 is 11.2 Å². The average Bonchev–Trinajstić information content (AvgIpc) is 2.64. The van der Waals surface area contributed by atoms with E-state index in [0.29, 0.717) is 17.7 Å². The van der Waals surface area contributed by atoms with E-state index in [1.54, 1.807) is 37.5 Å². The number of aryl methyl sites for hydroxylation is 2.